The van der Waals surface area contributed by atoms with Crippen LogP contribution in [0.25, 0.3) is 0 Å². The molecule has 4 aliphatic carbocycles. The van der Waals surface area contributed by atoms with E-state index >= 15 is 0 Å². The van der Waals surface area contributed by atoms with Gasteiger partial charge in [-0.15, -0.1) is 0 Å². The number of benzene rings is 2. The van der Waals surface area contributed by atoms with Crippen LogP contribution in [0.3, 0.4) is 0 Å². The fourth-order valence-electron chi connectivity index (χ4n) is 8.69. The van der Waals surface area contributed by atoms with Gasteiger partial charge in [-0.25, -0.2) is 0 Å². The maximum absolute atomic E-state index is 13.8. The second kappa shape index (κ2) is 11.8. The Morgan fingerprint density at radius 2 is 1.36 bits per heavy atom. The van der Waals surface area contributed by atoms with Crippen LogP contribution in [0.2, 0.25) is 0 Å². The summed E-state index contributed by atoms with van der Waals surface area (Å²) in [4.78, 5) is 31.7. The maximum Gasteiger partial charge on any atom is 0.245 e. The molecule has 5 aliphatic rings. The second-order valence-corrected chi connectivity index (χ2v) is 13.2. The summed E-state index contributed by atoms with van der Waals surface area (Å²) in [5.74, 6) is 2.72. The number of aryl methyl sites for hydroxylation is 1. The van der Waals surface area contributed by atoms with E-state index in [9.17, 15) is 9.59 Å². The predicted octanol–water partition coefficient (Wildman–Crippen LogP) is 5.45. The number of piperazine rings is 1. The number of carbonyl (C=O) groups is 2. The lowest BCUT2D eigenvalue weighted by molar-refractivity contribution is -0.140. The van der Waals surface area contributed by atoms with Crippen molar-refractivity contribution in [2.75, 3.05) is 26.2 Å². The minimum atomic E-state index is -0.421. The van der Waals surface area contributed by atoms with Crippen LogP contribution in [0.5, 0.6) is 0 Å². The minimum Gasteiger partial charge on any atom is -0.344 e. The van der Waals surface area contributed by atoms with Crippen molar-refractivity contribution in [2.45, 2.75) is 76.8 Å². The van der Waals surface area contributed by atoms with E-state index in [2.05, 4.69) is 64.8 Å². The number of nitrogens with zero attached hydrogens (tertiary/aromatic N) is 2. The predicted molar refractivity (Wildman–Crippen MR) is 155 cm³/mol. The smallest absolute Gasteiger partial charge is 0.245 e. The number of amides is 2. The minimum absolute atomic E-state index is 0.109. The Bertz CT molecular complexity index is 1070. The molecular weight excluding hydrogens is 482 g/mol. The number of carbonyl (C=O) groups excluding carboxylic acids is 2. The molecule has 5 nitrogen and oxygen atoms in total. The van der Waals surface area contributed by atoms with E-state index in [4.69, 9.17) is 0 Å². The molecule has 2 amide bonds. The normalized spacial score (nSPS) is 28.8. The first-order valence-corrected chi connectivity index (χ1v) is 15.4. The van der Waals surface area contributed by atoms with Crippen LogP contribution in [-0.4, -0.2) is 53.8 Å². The van der Waals surface area contributed by atoms with Crippen molar-refractivity contribution in [3.63, 3.8) is 0 Å². The van der Waals surface area contributed by atoms with Crippen LogP contribution in [0.15, 0.2) is 60.7 Å². The third kappa shape index (κ3) is 6.57. The largest absolute Gasteiger partial charge is 0.344 e. The van der Waals surface area contributed by atoms with Crippen molar-refractivity contribution in [1.82, 2.24) is 15.1 Å². The van der Waals surface area contributed by atoms with Gasteiger partial charge in [0, 0.05) is 39.1 Å². The summed E-state index contributed by atoms with van der Waals surface area (Å²) in [6.07, 6.45) is 11.0. The molecule has 1 unspecified atom stereocenters. The Morgan fingerprint density at radius 1 is 0.795 bits per heavy atom. The van der Waals surface area contributed by atoms with Gasteiger partial charge in [0.2, 0.25) is 11.8 Å². The Hall–Kier alpha value is -2.66. The molecule has 4 saturated carbocycles. The first-order valence-electron chi connectivity index (χ1n) is 15.4. The van der Waals surface area contributed by atoms with Gasteiger partial charge in [-0.05, 0) is 92.1 Å². The first-order chi connectivity index (χ1) is 19.0. The summed E-state index contributed by atoms with van der Waals surface area (Å²) in [5, 5.41) is 3.28. The highest BCUT2D eigenvalue weighted by Gasteiger charge is 2.51. The van der Waals surface area contributed by atoms with Crippen LogP contribution in [0.4, 0.5) is 0 Å². The molecule has 2 aromatic carbocycles. The van der Waals surface area contributed by atoms with E-state index in [0.717, 1.165) is 63.3 Å². The molecule has 1 atom stereocenters. The van der Waals surface area contributed by atoms with Crippen molar-refractivity contribution < 1.29 is 9.59 Å². The quantitative estimate of drug-likeness (QED) is 0.447. The van der Waals surface area contributed by atoms with E-state index in [-0.39, 0.29) is 17.2 Å². The number of hydrogen-bond acceptors (Lipinski definition) is 3. The third-order valence-corrected chi connectivity index (χ3v) is 10.1. The SMILES string of the molecule is O=C(CC12CC3CC(CC(C3)C1)C2)NC(CCCc1ccccc1)C(=O)N1CCN(Cc2ccccc2)CC1. The zero-order chi connectivity index (χ0) is 26.7. The highest BCUT2D eigenvalue weighted by atomic mass is 16.2. The molecule has 1 N–H and O–H groups in total. The van der Waals surface area contributed by atoms with Crippen LogP contribution in [-0.2, 0) is 22.6 Å². The van der Waals surface area contributed by atoms with Gasteiger partial charge in [0.05, 0.1) is 0 Å². The van der Waals surface area contributed by atoms with Crippen molar-refractivity contribution in [1.29, 1.82) is 0 Å². The summed E-state index contributed by atoms with van der Waals surface area (Å²) < 4.78 is 0. The molecule has 5 heteroatoms. The number of nitrogens with one attached hydrogen (secondary N) is 1. The van der Waals surface area contributed by atoms with Crippen LogP contribution >= 0.6 is 0 Å². The molecule has 0 radical (unpaired) electrons. The van der Waals surface area contributed by atoms with E-state index in [1.165, 1.54) is 49.7 Å². The van der Waals surface area contributed by atoms with Gasteiger partial charge in [-0.2, -0.15) is 0 Å². The van der Waals surface area contributed by atoms with Gasteiger partial charge in [0.1, 0.15) is 6.04 Å². The van der Waals surface area contributed by atoms with Gasteiger partial charge in [-0.3, -0.25) is 14.5 Å². The lowest BCUT2D eigenvalue weighted by Gasteiger charge is -2.56. The van der Waals surface area contributed by atoms with Crippen molar-refractivity contribution in [3.8, 4) is 0 Å². The fraction of sp³-hybridized carbons (Fsp3) is 0.588. The molecule has 1 aliphatic heterocycles. The molecule has 1 heterocycles. The van der Waals surface area contributed by atoms with Crippen LogP contribution in [0.1, 0.15) is 68.9 Å². The zero-order valence-corrected chi connectivity index (χ0v) is 23.4. The van der Waals surface area contributed by atoms with Crippen molar-refractivity contribution in [3.05, 3.63) is 71.8 Å². The average Bonchev–Trinajstić information content (AvgIpc) is 2.93. The first kappa shape index (κ1) is 26.6. The molecule has 0 aromatic heterocycles. The van der Waals surface area contributed by atoms with Gasteiger partial charge in [0.15, 0.2) is 0 Å². The molecular formula is C34H45N3O2. The third-order valence-electron chi connectivity index (χ3n) is 10.1. The van der Waals surface area contributed by atoms with E-state index in [0.29, 0.717) is 12.8 Å². The summed E-state index contributed by atoms with van der Waals surface area (Å²) in [5.41, 5.74) is 2.80. The average molecular weight is 528 g/mol. The molecule has 208 valence electrons. The standard InChI is InChI=1S/C34H45N3O2/c38-32(24-34-21-28-18-29(22-34)20-30(19-28)23-34)35-31(13-7-12-26-8-3-1-4-9-26)33(39)37-16-14-36(15-17-37)25-27-10-5-2-6-11-27/h1-6,8-11,28-31H,7,12-25H2,(H,35,38). The summed E-state index contributed by atoms with van der Waals surface area (Å²) >= 11 is 0. The summed E-state index contributed by atoms with van der Waals surface area (Å²) in [6, 6.07) is 20.6. The molecule has 0 spiro atoms. The topological polar surface area (TPSA) is 52.7 Å². The van der Waals surface area contributed by atoms with E-state index in [1.54, 1.807) is 0 Å². The maximum atomic E-state index is 13.8. The van der Waals surface area contributed by atoms with Crippen LogP contribution in [0, 0.1) is 23.2 Å². The Morgan fingerprint density at radius 3 is 1.95 bits per heavy atom. The Balaban J connectivity index is 1.07. The Kier molecular flexibility index (Phi) is 8.06. The molecule has 1 saturated heterocycles. The second-order valence-electron chi connectivity index (χ2n) is 13.2. The molecule has 39 heavy (non-hydrogen) atoms. The summed E-state index contributed by atoms with van der Waals surface area (Å²) in [7, 11) is 0. The van der Waals surface area contributed by atoms with Crippen molar-refractivity contribution in [2.24, 2.45) is 23.2 Å². The highest BCUT2D eigenvalue weighted by Crippen LogP contribution is 2.61. The van der Waals surface area contributed by atoms with Gasteiger partial charge < -0.3 is 10.2 Å². The van der Waals surface area contributed by atoms with E-state index < -0.39 is 6.04 Å². The fourth-order valence-corrected chi connectivity index (χ4v) is 8.69. The lowest BCUT2D eigenvalue weighted by Crippen LogP contribution is -2.55. The molecule has 4 bridgehead atoms. The summed E-state index contributed by atoms with van der Waals surface area (Å²) in [6.45, 7) is 4.12. The molecule has 5 fully saturated rings. The van der Waals surface area contributed by atoms with Gasteiger partial charge in [-0.1, -0.05) is 60.7 Å². The Labute approximate surface area is 234 Å². The van der Waals surface area contributed by atoms with Gasteiger partial charge in [0.25, 0.3) is 0 Å². The van der Waals surface area contributed by atoms with Gasteiger partial charge >= 0.3 is 0 Å². The van der Waals surface area contributed by atoms with E-state index in [1.807, 2.05) is 11.0 Å². The molecule has 2 aromatic rings. The zero-order valence-electron chi connectivity index (χ0n) is 23.4. The van der Waals surface area contributed by atoms with Crippen LogP contribution < -0.4 is 5.32 Å². The van der Waals surface area contributed by atoms with Crippen molar-refractivity contribution >= 4 is 11.8 Å². The number of rotatable bonds is 10. The molecule has 7 rings (SSSR count). The number of hydrogen-bond donors (Lipinski definition) is 1. The monoisotopic (exact) mass is 527 g/mol. The lowest BCUT2D eigenvalue weighted by atomic mass is 9.49. The highest BCUT2D eigenvalue weighted by molar-refractivity contribution is 5.88.